The van der Waals surface area contributed by atoms with E-state index in [9.17, 15) is 4.79 Å². The summed E-state index contributed by atoms with van der Waals surface area (Å²) in [6, 6.07) is 5.03. The van der Waals surface area contributed by atoms with Gasteiger partial charge in [0.05, 0.1) is 12.8 Å². The fourth-order valence-electron chi connectivity index (χ4n) is 0.869. The Kier molecular flexibility index (Phi) is 2.53. The lowest BCUT2D eigenvalue weighted by Crippen LogP contribution is -1.96. The zero-order valence-electron chi connectivity index (χ0n) is 6.70. The SMILES string of the molecule is COc1cc(NC=O)ccc1N. The molecule has 3 N–H and O–H groups in total. The van der Waals surface area contributed by atoms with Crippen molar-refractivity contribution in [2.75, 3.05) is 18.2 Å². The van der Waals surface area contributed by atoms with Crippen molar-refractivity contribution in [2.45, 2.75) is 0 Å². The van der Waals surface area contributed by atoms with Crippen LogP contribution in [0.2, 0.25) is 0 Å². The third-order valence-electron chi connectivity index (χ3n) is 1.46. The molecular weight excluding hydrogens is 156 g/mol. The van der Waals surface area contributed by atoms with Gasteiger partial charge in [0.15, 0.2) is 0 Å². The monoisotopic (exact) mass is 166 g/mol. The van der Waals surface area contributed by atoms with Crippen LogP contribution in [0.3, 0.4) is 0 Å². The number of anilines is 2. The summed E-state index contributed by atoms with van der Waals surface area (Å²) in [5, 5.41) is 2.49. The van der Waals surface area contributed by atoms with Crippen molar-refractivity contribution in [3.8, 4) is 5.75 Å². The Morgan fingerprint density at radius 2 is 2.33 bits per heavy atom. The molecule has 1 aromatic rings. The van der Waals surface area contributed by atoms with Crippen molar-refractivity contribution in [1.82, 2.24) is 0 Å². The van der Waals surface area contributed by atoms with Crippen molar-refractivity contribution in [3.05, 3.63) is 18.2 Å². The number of ether oxygens (including phenoxy) is 1. The second kappa shape index (κ2) is 3.61. The lowest BCUT2D eigenvalue weighted by atomic mass is 10.2. The van der Waals surface area contributed by atoms with Crippen molar-refractivity contribution in [2.24, 2.45) is 0 Å². The highest BCUT2D eigenvalue weighted by atomic mass is 16.5. The van der Waals surface area contributed by atoms with Gasteiger partial charge in [0, 0.05) is 11.8 Å². The number of carbonyl (C=O) groups excluding carboxylic acids is 1. The topological polar surface area (TPSA) is 64.3 Å². The van der Waals surface area contributed by atoms with Crippen LogP contribution in [0.4, 0.5) is 11.4 Å². The number of hydrogen-bond donors (Lipinski definition) is 2. The second-order valence-electron chi connectivity index (χ2n) is 2.22. The number of nitrogens with two attached hydrogens (primary N) is 1. The van der Waals surface area contributed by atoms with E-state index in [1.54, 1.807) is 18.2 Å². The first kappa shape index (κ1) is 8.39. The average Bonchev–Trinajstić information content (AvgIpc) is 2.09. The summed E-state index contributed by atoms with van der Waals surface area (Å²) in [7, 11) is 1.52. The maximum Gasteiger partial charge on any atom is 0.211 e. The molecule has 4 heteroatoms. The normalized spacial score (nSPS) is 9.08. The van der Waals surface area contributed by atoms with Crippen molar-refractivity contribution in [3.63, 3.8) is 0 Å². The zero-order chi connectivity index (χ0) is 8.97. The summed E-state index contributed by atoms with van der Waals surface area (Å²) in [6.45, 7) is 0. The van der Waals surface area contributed by atoms with Crippen LogP contribution in [0.15, 0.2) is 18.2 Å². The number of benzene rings is 1. The van der Waals surface area contributed by atoms with E-state index in [1.165, 1.54) is 7.11 Å². The van der Waals surface area contributed by atoms with Gasteiger partial charge in [-0.15, -0.1) is 0 Å². The van der Waals surface area contributed by atoms with E-state index >= 15 is 0 Å². The molecule has 1 aromatic carbocycles. The Morgan fingerprint density at radius 3 is 2.92 bits per heavy atom. The fourth-order valence-corrected chi connectivity index (χ4v) is 0.869. The molecule has 0 aliphatic heterocycles. The van der Waals surface area contributed by atoms with Gasteiger partial charge in [-0.2, -0.15) is 0 Å². The third kappa shape index (κ3) is 1.66. The Morgan fingerprint density at radius 1 is 1.58 bits per heavy atom. The summed E-state index contributed by atoms with van der Waals surface area (Å²) in [5.41, 5.74) is 6.77. The number of nitrogen functional groups attached to an aromatic ring is 1. The molecule has 0 aromatic heterocycles. The molecule has 1 rings (SSSR count). The van der Waals surface area contributed by atoms with E-state index in [0.717, 1.165) is 0 Å². The predicted molar refractivity (Wildman–Crippen MR) is 47.1 cm³/mol. The number of nitrogens with one attached hydrogen (secondary N) is 1. The summed E-state index contributed by atoms with van der Waals surface area (Å²) in [5.74, 6) is 0.557. The average molecular weight is 166 g/mol. The van der Waals surface area contributed by atoms with E-state index in [1.807, 2.05) is 0 Å². The minimum Gasteiger partial charge on any atom is -0.495 e. The molecule has 0 atom stereocenters. The zero-order valence-corrected chi connectivity index (χ0v) is 6.70. The van der Waals surface area contributed by atoms with Crippen molar-refractivity contribution >= 4 is 17.8 Å². The van der Waals surface area contributed by atoms with Crippen LogP contribution in [-0.4, -0.2) is 13.5 Å². The molecule has 1 amide bonds. The predicted octanol–water partition coefficient (Wildman–Crippen LogP) is 0.846. The first-order valence-electron chi connectivity index (χ1n) is 3.41. The van der Waals surface area contributed by atoms with Crippen LogP contribution < -0.4 is 15.8 Å². The van der Waals surface area contributed by atoms with Crippen LogP contribution in [0.1, 0.15) is 0 Å². The first-order chi connectivity index (χ1) is 5.77. The van der Waals surface area contributed by atoms with Gasteiger partial charge in [-0.25, -0.2) is 0 Å². The van der Waals surface area contributed by atoms with Gasteiger partial charge >= 0.3 is 0 Å². The van der Waals surface area contributed by atoms with Gasteiger partial charge in [-0.3, -0.25) is 4.79 Å². The summed E-state index contributed by atoms with van der Waals surface area (Å²) in [6.07, 6.45) is 0.602. The number of methoxy groups -OCH3 is 1. The first-order valence-corrected chi connectivity index (χ1v) is 3.41. The molecule has 0 saturated carbocycles. The molecule has 0 heterocycles. The summed E-state index contributed by atoms with van der Waals surface area (Å²) in [4.78, 5) is 10.1. The standard InChI is InChI=1S/C8H10N2O2/c1-12-8-4-6(10-5-11)2-3-7(8)9/h2-5H,9H2,1H3,(H,10,11). The lowest BCUT2D eigenvalue weighted by Gasteiger charge is -2.05. The van der Waals surface area contributed by atoms with Crippen LogP contribution in [0.25, 0.3) is 0 Å². The Balaban J connectivity index is 2.96. The smallest absolute Gasteiger partial charge is 0.211 e. The lowest BCUT2D eigenvalue weighted by molar-refractivity contribution is -0.105. The number of hydrogen-bond acceptors (Lipinski definition) is 3. The van der Waals surface area contributed by atoms with E-state index < -0.39 is 0 Å². The largest absolute Gasteiger partial charge is 0.495 e. The number of rotatable bonds is 3. The molecule has 0 radical (unpaired) electrons. The van der Waals surface area contributed by atoms with Gasteiger partial charge in [0.2, 0.25) is 6.41 Å². The van der Waals surface area contributed by atoms with Crippen LogP contribution in [-0.2, 0) is 4.79 Å². The van der Waals surface area contributed by atoms with Gasteiger partial charge in [0.1, 0.15) is 5.75 Å². The molecule has 0 spiro atoms. The molecule has 0 aliphatic rings. The summed E-state index contributed by atoms with van der Waals surface area (Å²) >= 11 is 0. The highest BCUT2D eigenvalue weighted by molar-refractivity contribution is 5.74. The molecule has 64 valence electrons. The van der Waals surface area contributed by atoms with Crippen molar-refractivity contribution in [1.29, 1.82) is 0 Å². The number of amides is 1. The van der Waals surface area contributed by atoms with Crippen LogP contribution in [0.5, 0.6) is 5.75 Å². The molecule has 0 bridgehead atoms. The minimum atomic E-state index is 0.550. The van der Waals surface area contributed by atoms with Crippen LogP contribution in [0, 0.1) is 0 Å². The highest BCUT2D eigenvalue weighted by Gasteiger charge is 1.98. The minimum absolute atomic E-state index is 0.550. The van der Waals surface area contributed by atoms with E-state index in [-0.39, 0.29) is 0 Å². The molecule has 0 aliphatic carbocycles. The van der Waals surface area contributed by atoms with E-state index in [0.29, 0.717) is 23.5 Å². The number of carbonyl (C=O) groups is 1. The van der Waals surface area contributed by atoms with Crippen LogP contribution >= 0.6 is 0 Å². The third-order valence-corrected chi connectivity index (χ3v) is 1.46. The van der Waals surface area contributed by atoms with Gasteiger partial charge in [-0.1, -0.05) is 0 Å². The van der Waals surface area contributed by atoms with E-state index in [2.05, 4.69) is 5.32 Å². The molecule has 4 nitrogen and oxygen atoms in total. The van der Waals surface area contributed by atoms with Gasteiger partial charge in [-0.05, 0) is 12.1 Å². The Hall–Kier alpha value is -1.71. The molecule has 0 saturated heterocycles. The molecule has 12 heavy (non-hydrogen) atoms. The Labute approximate surface area is 70.3 Å². The Bertz CT molecular complexity index is 286. The maximum absolute atomic E-state index is 10.1. The summed E-state index contributed by atoms with van der Waals surface area (Å²) < 4.78 is 4.95. The molecule has 0 fully saturated rings. The van der Waals surface area contributed by atoms with E-state index in [4.69, 9.17) is 10.5 Å². The molecule has 0 unspecified atom stereocenters. The highest BCUT2D eigenvalue weighted by Crippen LogP contribution is 2.24. The van der Waals surface area contributed by atoms with Gasteiger partial charge < -0.3 is 15.8 Å². The quantitative estimate of drug-likeness (QED) is 0.516. The molecular formula is C8H10N2O2. The maximum atomic E-state index is 10.1. The van der Waals surface area contributed by atoms with Crippen molar-refractivity contribution < 1.29 is 9.53 Å². The van der Waals surface area contributed by atoms with Gasteiger partial charge in [0.25, 0.3) is 0 Å². The second-order valence-corrected chi connectivity index (χ2v) is 2.22. The fraction of sp³-hybridized carbons (Fsp3) is 0.125.